The molecule has 0 fully saturated rings. The summed E-state index contributed by atoms with van der Waals surface area (Å²) in [5, 5.41) is 25.9. The molecule has 3 N–H and O–H groups in total. The molecular weight excluding hydrogens is 360 g/mol. The minimum Gasteiger partial charge on any atom is -0.481 e. The van der Waals surface area contributed by atoms with Crippen molar-refractivity contribution in [3.8, 4) is 11.3 Å². The molecule has 0 aliphatic heterocycles. The number of benzene rings is 1. The van der Waals surface area contributed by atoms with Crippen molar-refractivity contribution in [2.24, 2.45) is 5.92 Å². The van der Waals surface area contributed by atoms with Crippen LogP contribution in [0.2, 0.25) is 5.02 Å². The highest BCUT2D eigenvalue weighted by Gasteiger charge is 2.27. The molecule has 8 heteroatoms. The maximum Gasteiger partial charge on any atom is 0.320 e. The van der Waals surface area contributed by atoms with E-state index in [1.807, 2.05) is 13.8 Å². The topological polar surface area (TPSA) is 113 Å². The van der Waals surface area contributed by atoms with Crippen molar-refractivity contribution in [3.63, 3.8) is 0 Å². The number of carboxylic acids is 2. The van der Waals surface area contributed by atoms with E-state index in [-0.39, 0.29) is 18.2 Å². The number of hydrogen-bond donors (Lipinski definition) is 3. The Morgan fingerprint density at radius 3 is 2.50 bits per heavy atom. The molecule has 0 saturated carbocycles. The Kier molecular flexibility index (Phi) is 6.76. The molecule has 0 spiro atoms. The molecular formula is C18H21ClN2O5. The minimum absolute atomic E-state index is 0.0759. The zero-order chi connectivity index (χ0) is 19.3. The van der Waals surface area contributed by atoms with Crippen molar-refractivity contribution in [1.29, 1.82) is 0 Å². The van der Waals surface area contributed by atoms with Gasteiger partial charge in [-0.05, 0) is 24.5 Å². The van der Waals surface area contributed by atoms with Gasteiger partial charge in [0.2, 0.25) is 0 Å². The summed E-state index contributed by atoms with van der Waals surface area (Å²) in [7, 11) is 0. The SMILES string of the molecule is CC(C)CC(NCC(C(=O)O)c1cc(-c2ccccc2Cl)on1)C(=O)O. The van der Waals surface area contributed by atoms with E-state index in [9.17, 15) is 19.8 Å². The predicted molar refractivity (Wildman–Crippen MR) is 96.2 cm³/mol. The van der Waals surface area contributed by atoms with Crippen molar-refractivity contribution in [2.75, 3.05) is 6.54 Å². The predicted octanol–water partition coefficient (Wildman–Crippen LogP) is 3.25. The van der Waals surface area contributed by atoms with Gasteiger partial charge in [0.25, 0.3) is 0 Å². The zero-order valence-corrected chi connectivity index (χ0v) is 15.2. The normalized spacial score (nSPS) is 13.5. The fraction of sp³-hybridized carbons (Fsp3) is 0.389. The molecule has 1 aromatic heterocycles. The number of carboxylic acid groups (broad SMARTS) is 2. The Hall–Kier alpha value is -2.38. The van der Waals surface area contributed by atoms with E-state index in [1.54, 1.807) is 24.3 Å². The van der Waals surface area contributed by atoms with Gasteiger partial charge in [0, 0.05) is 18.2 Å². The standard InChI is InChI=1S/C18H21ClN2O5/c1-10(2)7-15(18(24)25)20-9-12(17(22)23)14-8-16(26-21-14)11-5-3-4-6-13(11)19/h3-6,8,10,12,15,20H,7,9H2,1-2H3,(H,22,23)(H,24,25). The Morgan fingerprint density at radius 2 is 1.92 bits per heavy atom. The lowest BCUT2D eigenvalue weighted by Gasteiger charge is -2.18. The van der Waals surface area contributed by atoms with E-state index in [0.29, 0.717) is 22.8 Å². The van der Waals surface area contributed by atoms with Gasteiger partial charge in [0.05, 0.1) is 10.7 Å². The molecule has 7 nitrogen and oxygen atoms in total. The summed E-state index contributed by atoms with van der Waals surface area (Å²) in [5.74, 6) is -2.66. The van der Waals surface area contributed by atoms with E-state index in [4.69, 9.17) is 16.1 Å². The van der Waals surface area contributed by atoms with Crippen LogP contribution in [-0.4, -0.2) is 39.9 Å². The van der Waals surface area contributed by atoms with Crippen LogP contribution in [0, 0.1) is 5.92 Å². The van der Waals surface area contributed by atoms with E-state index in [0.717, 1.165) is 0 Å². The molecule has 2 unspecified atom stereocenters. The van der Waals surface area contributed by atoms with Gasteiger partial charge in [-0.25, -0.2) is 0 Å². The third-order valence-corrected chi connectivity index (χ3v) is 4.23. The molecule has 0 amide bonds. The Labute approximate surface area is 156 Å². The van der Waals surface area contributed by atoms with Crippen LogP contribution in [0.3, 0.4) is 0 Å². The number of rotatable bonds is 9. The average molecular weight is 381 g/mol. The average Bonchev–Trinajstić information content (AvgIpc) is 3.03. The number of nitrogens with one attached hydrogen (secondary N) is 1. The lowest BCUT2D eigenvalue weighted by atomic mass is 10.0. The van der Waals surface area contributed by atoms with E-state index < -0.39 is 23.9 Å². The molecule has 0 radical (unpaired) electrons. The summed E-state index contributed by atoms with van der Waals surface area (Å²) in [5.41, 5.74) is 0.807. The maximum absolute atomic E-state index is 11.6. The summed E-state index contributed by atoms with van der Waals surface area (Å²) >= 11 is 6.11. The monoisotopic (exact) mass is 380 g/mol. The number of aliphatic carboxylic acids is 2. The molecule has 2 aromatic rings. The Morgan fingerprint density at radius 1 is 1.23 bits per heavy atom. The number of nitrogens with zero attached hydrogens (tertiary/aromatic N) is 1. The summed E-state index contributed by atoms with van der Waals surface area (Å²) in [6.45, 7) is 3.73. The second kappa shape index (κ2) is 8.82. The van der Waals surface area contributed by atoms with Gasteiger partial charge in [-0.1, -0.05) is 42.7 Å². The summed E-state index contributed by atoms with van der Waals surface area (Å²) in [6, 6.07) is 7.67. The number of hydrogen-bond acceptors (Lipinski definition) is 5. The first-order valence-electron chi connectivity index (χ1n) is 8.20. The first-order chi connectivity index (χ1) is 12.3. The summed E-state index contributed by atoms with van der Waals surface area (Å²) in [4.78, 5) is 22.9. The van der Waals surface area contributed by atoms with Crippen molar-refractivity contribution in [3.05, 3.63) is 41.0 Å². The number of aromatic nitrogens is 1. The number of halogens is 1. The van der Waals surface area contributed by atoms with Crippen LogP contribution in [0.5, 0.6) is 0 Å². The van der Waals surface area contributed by atoms with E-state index in [2.05, 4.69) is 10.5 Å². The van der Waals surface area contributed by atoms with Gasteiger partial charge in [0.1, 0.15) is 12.0 Å². The second-order valence-corrected chi connectivity index (χ2v) is 6.82. The lowest BCUT2D eigenvalue weighted by Crippen LogP contribution is -2.41. The highest BCUT2D eigenvalue weighted by atomic mass is 35.5. The van der Waals surface area contributed by atoms with Crippen molar-refractivity contribution < 1.29 is 24.3 Å². The first kappa shape index (κ1) is 19.9. The fourth-order valence-corrected chi connectivity index (χ4v) is 2.79. The quantitative estimate of drug-likeness (QED) is 0.612. The molecule has 1 heterocycles. The molecule has 1 aromatic carbocycles. The highest BCUT2D eigenvalue weighted by Crippen LogP contribution is 2.29. The molecule has 0 saturated heterocycles. The smallest absolute Gasteiger partial charge is 0.320 e. The lowest BCUT2D eigenvalue weighted by molar-refractivity contribution is -0.142. The summed E-state index contributed by atoms with van der Waals surface area (Å²) in [6.07, 6.45) is 0.394. The molecule has 0 aliphatic carbocycles. The zero-order valence-electron chi connectivity index (χ0n) is 14.5. The Bertz CT molecular complexity index is 774. The van der Waals surface area contributed by atoms with Crippen LogP contribution in [-0.2, 0) is 9.59 Å². The second-order valence-electron chi connectivity index (χ2n) is 6.42. The first-order valence-corrected chi connectivity index (χ1v) is 8.58. The largest absolute Gasteiger partial charge is 0.481 e. The van der Waals surface area contributed by atoms with E-state index >= 15 is 0 Å². The molecule has 0 bridgehead atoms. The van der Waals surface area contributed by atoms with Crippen molar-refractivity contribution in [2.45, 2.75) is 32.2 Å². The third-order valence-electron chi connectivity index (χ3n) is 3.90. The summed E-state index contributed by atoms with van der Waals surface area (Å²) < 4.78 is 5.24. The third kappa shape index (κ3) is 5.06. The maximum atomic E-state index is 11.6. The Balaban J connectivity index is 2.17. The molecule has 0 aliphatic rings. The van der Waals surface area contributed by atoms with Crippen molar-refractivity contribution >= 4 is 23.5 Å². The molecule has 2 rings (SSSR count). The molecule has 26 heavy (non-hydrogen) atoms. The van der Waals surface area contributed by atoms with Gasteiger partial charge in [-0.2, -0.15) is 0 Å². The van der Waals surface area contributed by atoms with Crippen LogP contribution < -0.4 is 5.32 Å². The highest BCUT2D eigenvalue weighted by molar-refractivity contribution is 6.33. The van der Waals surface area contributed by atoms with Gasteiger partial charge >= 0.3 is 11.9 Å². The minimum atomic E-state index is -1.12. The van der Waals surface area contributed by atoms with Gasteiger partial charge in [0.15, 0.2) is 5.76 Å². The van der Waals surface area contributed by atoms with Crippen LogP contribution in [0.15, 0.2) is 34.9 Å². The van der Waals surface area contributed by atoms with Gasteiger partial charge < -0.3 is 20.1 Å². The van der Waals surface area contributed by atoms with Crippen LogP contribution in [0.25, 0.3) is 11.3 Å². The van der Waals surface area contributed by atoms with Crippen LogP contribution in [0.4, 0.5) is 0 Å². The van der Waals surface area contributed by atoms with Gasteiger partial charge in [-0.3, -0.25) is 9.59 Å². The number of carbonyl (C=O) groups is 2. The van der Waals surface area contributed by atoms with Gasteiger partial charge in [-0.15, -0.1) is 0 Å². The van der Waals surface area contributed by atoms with Crippen molar-refractivity contribution in [1.82, 2.24) is 10.5 Å². The van der Waals surface area contributed by atoms with Crippen LogP contribution >= 0.6 is 11.6 Å². The molecule has 2 atom stereocenters. The fourth-order valence-electron chi connectivity index (χ4n) is 2.56. The molecule has 140 valence electrons. The van der Waals surface area contributed by atoms with Crippen LogP contribution in [0.1, 0.15) is 31.9 Å². The van der Waals surface area contributed by atoms with E-state index in [1.165, 1.54) is 6.07 Å².